The van der Waals surface area contributed by atoms with Gasteiger partial charge in [0.15, 0.2) is 17.5 Å². The van der Waals surface area contributed by atoms with Crippen molar-refractivity contribution in [1.82, 2.24) is 5.48 Å². The predicted molar refractivity (Wildman–Crippen MR) is 72.6 cm³/mol. The Bertz CT molecular complexity index is 604. The van der Waals surface area contributed by atoms with E-state index >= 15 is 0 Å². The summed E-state index contributed by atoms with van der Waals surface area (Å²) >= 11 is 0. The van der Waals surface area contributed by atoms with E-state index in [4.69, 9.17) is 14.7 Å². The van der Waals surface area contributed by atoms with E-state index in [2.05, 4.69) is 9.73 Å². The highest BCUT2D eigenvalue weighted by atomic mass is 19.4. The minimum atomic E-state index is -4.89. The minimum absolute atomic E-state index is 0. The molecule has 7 nitrogen and oxygen atoms in total. The summed E-state index contributed by atoms with van der Waals surface area (Å²) in [6.45, 7) is -0.136. The maximum Gasteiger partial charge on any atom is 0.573 e. The molecule has 0 radical (unpaired) electrons. The van der Waals surface area contributed by atoms with Gasteiger partial charge in [-0.2, -0.15) is 0 Å². The summed E-state index contributed by atoms with van der Waals surface area (Å²) < 4.78 is 50.9. The summed E-state index contributed by atoms with van der Waals surface area (Å²) in [5.74, 6) is -1.50. The number of carbonyl (C=O) groups excluding carboxylic acids is 1. The van der Waals surface area contributed by atoms with Crippen molar-refractivity contribution >= 4 is 11.8 Å². The maximum absolute atomic E-state index is 12.4. The summed E-state index contributed by atoms with van der Waals surface area (Å²) in [5, 5.41) is 8.51. The monoisotopic (exact) mass is 336 g/mol. The fourth-order valence-corrected chi connectivity index (χ4v) is 1.75. The molecule has 1 heterocycles. The number of amides is 1. The number of carbonyl (C=O) groups is 1. The molecular formula is C13H15F3N2O5. The van der Waals surface area contributed by atoms with E-state index in [1.54, 1.807) is 0 Å². The fourth-order valence-electron chi connectivity index (χ4n) is 1.75. The fraction of sp³-hybridized carbons (Fsp3) is 0.385. The third-order valence-corrected chi connectivity index (χ3v) is 2.70. The molecule has 1 aliphatic rings. The average Bonchev–Trinajstić information content (AvgIpc) is 2.94. The third-order valence-electron chi connectivity index (χ3n) is 2.70. The second-order valence-corrected chi connectivity index (χ2v) is 4.15. The van der Waals surface area contributed by atoms with Crippen molar-refractivity contribution in [2.24, 2.45) is 4.99 Å². The number of nitrogens with one attached hydrogen (secondary N) is 1. The van der Waals surface area contributed by atoms with Gasteiger partial charge in [-0.05, 0) is 18.2 Å². The van der Waals surface area contributed by atoms with Crippen LogP contribution in [-0.4, -0.2) is 43.1 Å². The number of alkyl halides is 3. The second-order valence-electron chi connectivity index (χ2n) is 4.15. The highest BCUT2D eigenvalue weighted by Gasteiger charge is 2.33. The first-order chi connectivity index (χ1) is 10.3. The van der Waals surface area contributed by atoms with Crippen molar-refractivity contribution in [2.45, 2.75) is 19.8 Å². The Morgan fingerprint density at radius 1 is 1.43 bits per heavy atom. The standard InChI is InChI=1S/C12H11F3N2O5.CH4/c1-20-8-3-2-6(4-9(8)22-12(13,14)15)11-16-7(5-21-11)10(18)17-19;/h2-4,7,19H,5H2,1H3,(H,17,18);1H4/t7-;/m1./s1. The van der Waals surface area contributed by atoms with Crippen LogP contribution >= 0.6 is 0 Å². The smallest absolute Gasteiger partial charge is 0.493 e. The number of aliphatic imine (C=N–C) groups is 1. The largest absolute Gasteiger partial charge is 0.573 e. The van der Waals surface area contributed by atoms with Crippen LogP contribution < -0.4 is 15.0 Å². The molecule has 0 bridgehead atoms. The maximum atomic E-state index is 12.4. The zero-order chi connectivity index (χ0) is 16.3. The van der Waals surface area contributed by atoms with Gasteiger partial charge in [-0.25, -0.2) is 10.5 Å². The zero-order valence-corrected chi connectivity index (χ0v) is 11.2. The van der Waals surface area contributed by atoms with Gasteiger partial charge >= 0.3 is 6.36 Å². The summed E-state index contributed by atoms with van der Waals surface area (Å²) in [5.41, 5.74) is 1.59. The number of rotatable bonds is 4. The Labute approximate surface area is 129 Å². The van der Waals surface area contributed by atoms with Crippen LogP contribution in [0.4, 0.5) is 13.2 Å². The van der Waals surface area contributed by atoms with Crippen LogP contribution in [0.2, 0.25) is 0 Å². The van der Waals surface area contributed by atoms with Crippen LogP contribution in [0.25, 0.3) is 0 Å². The molecule has 10 heteroatoms. The quantitative estimate of drug-likeness (QED) is 0.647. The number of methoxy groups -OCH3 is 1. The Morgan fingerprint density at radius 3 is 2.70 bits per heavy atom. The van der Waals surface area contributed by atoms with Crippen LogP contribution in [0.3, 0.4) is 0 Å². The highest BCUT2D eigenvalue weighted by Crippen LogP contribution is 2.33. The first-order valence-corrected chi connectivity index (χ1v) is 5.92. The number of ether oxygens (including phenoxy) is 3. The molecule has 0 spiro atoms. The summed E-state index contributed by atoms with van der Waals surface area (Å²) in [6.07, 6.45) is -4.89. The van der Waals surface area contributed by atoms with Crippen LogP contribution in [0.1, 0.15) is 13.0 Å². The third kappa shape index (κ3) is 4.49. The van der Waals surface area contributed by atoms with E-state index in [0.717, 1.165) is 6.07 Å². The Hall–Kier alpha value is -2.49. The number of hydrogen-bond acceptors (Lipinski definition) is 6. The number of hydroxylamine groups is 1. The van der Waals surface area contributed by atoms with Gasteiger partial charge in [-0.15, -0.1) is 13.2 Å². The van der Waals surface area contributed by atoms with Gasteiger partial charge in [0, 0.05) is 5.56 Å². The normalized spacial score (nSPS) is 16.7. The molecule has 23 heavy (non-hydrogen) atoms. The molecule has 1 amide bonds. The van der Waals surface area contributed by atoms with Gasteiger partial charge in [-0.3, -0.25) is 10.0 Å². The van der Waals surface area contributed by atoms with Crippen molar-refractivity contribution < 1.29 is 37.4 Å². The zero-order valence-electron chi connectivity index (χ0n) is 11.2. The molecule has 0 saturated carbocycles. The van der Waals surface area contributed by atoms with E-state index < -0.39 is 24.1 Å². The van der Waals surface area contributed by atoms with Crippen LogP contribution in [0, 0.1) is 0 Å². The SMILES string of the molecule is C.COc1ccc(C2=N[C@@H](C(=O)NO)CO2)cc1OC(F)(F)F. The van der Waals surface area contributed by atoms with E-state index in [1.165, 1.54) is 24.7 Å². The minimum Gasteiger partial charge on any atom is -0.493 e. The summed E-state index contributed by atoms with van der Waals surface area (Å²) in [4.78, 5) is 15.1. The highest BCUT2D eigenvalue weighted by molar-refractivity contribution is 5.98. The molecule has 2 rings (SSSR count). The van der Waals surface area contributed by atoms with Crippen molar-refractivity contribution in [2.75, 3.05) is 13.7 Å². The lowest BCUT2D eigenvalue weighted by atomic mass is 10.2. The van der Waals surface area contributed by atoms with Crippen molar-refractivity contribution in [3.63, 3.8) is 0 Å². The topological polar surface area (TPSA) is 89.4 Å². The first kappa shape index (κ1) is 18.6. The Balaban J connectivity index is 0.00000264. The molecule has 0 saturated heterocycles. The van der Waals surface area contributed by atoms with Gasteiger partial charge < -0.3 is 14.2 Å². The number of hydrogen-bond donors (Lipinski definition) is 2. The lowest BCUT2D eigenvalue weighted by Gasteiger charge is -2.13. The molecule has 1 atom stereocenters. The average molecular weight is 336 g/mol. The number of halogens is 3. The molecule has 0 aromatic heterocycles. The van der Waals surface area contributed by atoms with Gasteiger partial charge in [0.25, 0.3) is 5.91 Å². The lowest BCUT2D eigenvalue weighted by molar-refractivity contribution is -0.275. The Kier molecular flexibility index (Phi) is 5.79. The number of benzene rings is 1. The second kappa shape index (κ2) is 7.18. The van der Waals surface area contributed by atoms with Crippen molar-refractivity contribution in [3.8, 4) is 11.5 Å². The van der Waals surface area contributed by atoms with Crippen LogP contribution in [0.5, 0.6) is 11.5 Å². The van der Waals surface area contributed by atoms with Crippen molar-refractivity contribution in [3.05, 3.63) is 23.8 Å². The van der Waals surface area contributed by atoms with Crippen molar-refractivity contribution in [1.29, 1.82) is 0 Å². The lowest BCUT2D eigenvalue weighted by Crippen LogP contribution is -2.31. The number of nitrogens with zero attached hydrogens (tertiary/aromatic N) is 1. The molecule has 0 aliphatic carbocycles. The molecule has 1 aromatic rings. The molecule has 0 fully saturated rings. The molecule has 1 aliphatic heterocycles. The van der Waals surface area contributed by atoms with Gasteiger partial charge in [0.1, 0.15) is 6.61 Å². The van der Waals surface area contributed by atoms with Gasteiger partial charge in [-0.1, -0.05) is 7.43 Å². The molecule has 0 unspecified atom stereocenters. The van der Waals surface area contributed by atoms with E-state index in [9.17, 15) is 18.0 Å². The Morgan fingerprint density at radius 2 is 2.13 bits per heavy atom. The molecule has 1 aromatic carbocycles. The van der Waals surface area contributed by atoms with E-state index in [1.807, 2.05) is 0 Å². The molecule has 2 N–H and O–H groups in total. The van der Waals surface area contributed by atoms with Crippen LogP contribution in [-0.2, 0) is 9.53 Å². The summed E-state index contributed by atoms with van der Waals surface area (Å²) in [7, 11) is 1.20. The van der Waals surface area contributed by atoms with E-state index in [-0.39, 0.29) is 31.2 Å². The molecular weight excluding hydrogens is 321 g/mol. The summed E-state index contributed by atoms with van der Waals surface area (Å²) in [6, 6.07) is 2.71. The van der Waals surface area contributed by atoms with E-state index in [0.29, 0.717) is 0 Å². The van der Waals surface area contributed by atoms with Gasteiger partial charge in [0.05, 0.1) is 7.11 Å². The van der Waals surface area contributed by atoms with Gasteiger partial charge in [0.2, 0.25) is 5.90 Å². The predicted octanol–water partition coefficient (Wildman–Crippen LogP) is 1.88. The first-order valence-electron chi connectivity index (χ1n) is 5.92. The van der Waals surface area contributed by atoms with Crippen LogP contribution in [0.15, 0.2) is 23.2 Å². The molecule has 128 valence electrons.